The number of rotatable bonds is 2. The lowest BCUT2D eigenvalue weighted by Crippen LogP contribution is -2.46. The van der Waals surface area contributed by atoms with E-state index in [0.717, 1.165) is 13.0 Å². The average molecular weight is 225 g/mol. The number of β-amino-alcohol motifs (C(OH)–C–C–N with tert-alkyl or cyclic N) is 1. The molecule has 1 saturated heterocycles. The van der Waals surface area contributed by atoms with Crippen LogP contribution in [-0.4, -0.2) is 35.1 Å². The topological polar surface area (TPSA) is 40.5 Å². The lowest BCUT2D eigenvalue weighted by atomic mass is 9.95. The number of likely N-dealkylation sites (tertiary alicyclic amines) is 1. The third kappa shape index (κ3) is 2.76. The van der Waals surface area contributed by atoms with E-state index in [9.17, 15) is 9.90 Å². The van der Waals surface area contributed by atoms with Gasteiger partial charge in [-0.3, -0.25) is 4.79 Å². The molecule has 16 heavy (non-hydrogen) atoms. The highest BCUT2D eigenvalue weighted by Crippen LogP contribution is 2.28. The second-order valence-corrected chi connectivity index (χ2v) is 5.53. The SMILES string of the molecule is CC1CCN(C(=O)CC2CCCC2)CC1O. The Morgan fingerprint density at radius 3 is 2.62 bits per heavy atom. The zero-order valence-corrected chi connectivity index (χ0v) is 10.2. The Balaban J connectivity index is 1.80. The molecule has 2 rings (SSSR count). The molecule has 1 N–H and O–H groups in total. The molecule has 0 bridgehead atoms. The predicted octanol–water partition coefficient (Wildman–Crippen LogP) is 1.80. The van der Waals surface area contributed by atoms with Crippen molar-refractivity contribution in [3.8, 4) is 0 Å². The van der Waals surface area contributed by atoms with Gasteiger partial charge in [0.15, 0.2) is 0 Å². The second kappa shape index (κ2) is 5.17. The zero-order valence-electron chi connectivity index (χ0n) is 10.2. The maximum absolute atomic E-state index is 12.0. The van der Waals surface area contributed by atoms with Crippen molar-refractivity contribution >= 4 is 5.91 Å². The molecular weight excluding hydrogens is 202 g/mol. The smallest absolute Gasteiger partial charge is 0.222 e. The van der Waals surface area contributed by atoms with Crippen LogP contribution < -0.4 is 0 Å². The number of carbonyl (C=O) groups is 1. The molecule has 1 amide bonds. The van der Waals surface area contributed by atoms with Crippen molar-refractivity contribution in [1.29, 1.82) is 0 Å². The Labute approximate surface area is 97.8 Å². The minimum absolute atomic E-state index is 0.262. The van der Waals surface area contributed by atoms with E-state index >= 15 is 0 Å². The summed E-state index contributed by atoms with van der Waals surface area (Å²) in [5, 5.41) is 9.76. The van der Waals surface area contributed by atoms with E-state index in [-0.39, 0.29) is 12.0 Å². The van der Waals surface area contributed by atoms with E-state index in [1.807, 2.05) is 4.90 Å². The Morgan fingerprint density at radius 1 is 1.31 bits per heavy atom. The normalized spacial score (nSPS) is 32.0. The van der Waals surface area contributed by atoms with Gasteiger partial charge in [-0.15, -0.1) is 0 Å². The van der Waals surface area contributed by atoms with Crippen molar-refractivity contribution in [3.05, 3.63) is 0 Å². The van der Waals surface area contributed by atoms with E-state index in [2.05, 4.69) is 6.92 Å². The fourth-order valence-electron chi connectivity index (χ4n) is 2.87. The van der Waals surface area contributed by atoms with Crippen molar-refractivity contribution in [2.45, 2.75) is 51.6 Å². The van der Waals surface area contributed by atoms with Gasteiger partial charge in [-0.1, -0.05) is 19.8 Å². The van der Waals surface area contributed by atoms with Gasteiger partial charge in [0.1, 0.15) is 0 Å². The first kappa shape index (κ1) is 11.9. The Bertz CT molecular complexity index is 248. The van der Waals surface area contributed by atoms with Crippen LogP contribution in [0, 0.1) is 11.8 Å². The summed E-state index contributed by atoms with van der Waals surface area (Å²) in [6.07, 6.45) is 6.35. The number of hydrogen-bond donors (Lipinski definition) is 1. The molecule has 3 nitrogen and oxygen atoms in total. The Kier molecular flexibility index (Phi) is 3.85. The molecule has 3 heteroatoms. The minimum atomic E-state index is -0.318. The highest BCUT2D eigenvalue weighted by Gasteiger charge is 2.28. The molecule has 0 radical (unpaired) electrons. The highest BCUT2D eigenvalue weighted by molar-refractivity contribution is 5.76. The third-order valence-corrected chi connectivity index (χ3v) is 4.21. The Hall–Kier alpha value is -0.570. The van der Waals surface area contributed by atoms with Crippen molar-refractivity contribution in [3.63, 3.8) is 0 Å². The summed E-state index contributed by atoms with van der Waals surface area (Å²) in [4.78, 5) is 13.9. The molecule has 1 heterocycles. The largest absolute Gasteiger partial charge is 0.391 e. The summed E-state index contributed by atoms with van der Waals surface area (Å²) < 4.78 is 0. The summed E-state index contributed by atoms with van der Waals surface area (Å²) in [6.45, 7) is 3.44. The molecule has 2 fully saturated rings. The van der Waals surface area contributed by atoms with Crippen LogP contribution in [0.2, 0.25) is 0 Å². The van der Waals surface area contributed by atoms with E-state index in [1.54, 1.807) is 0 Å². The van der Waals surface area contributed by atoms with Gasteiger partial charge in [-0.2, -0.15) is 0 Å². The zero-order chi connectivity index (χ0) is 11.5. The van der Waals surface area contributed by atoms with Gasteiger partial charge in [0, 0.05) is 19.5 Å². The van der Waals surface area contributed by atoms with E-state index in [1.165, 1.54) is 25.7 Å². The number of carbonyl (C=O) groups excluding carboxylic acids is 1. The number of hydrogen-bond acceptors (Lipinski definition) is 2. The molecule has 2 atom stereocenters. The molecule has 0 spiro atoms. The minimum Gasteiger partial charge on any atom is -0.391 e. The van der Waals surface area contributed by atoms with Gasteiger partial charge in [0.05, 0.1) is 6.10 Å². The van der Waals surface area contributed by atoms with Gasteiger partial charge in [0.2, 0.25) is 5.91 Å². The van der Waals surface area contributed by atoms with Gasteiger partial charge >= 0.3 is 0 Å². The summed E-state index contributed by atoms with van der Waals surface area (Å²) in [5.74, 6) is 1.22. The monoisotopic (exact) mass is 225 g/mol. The highest BCUT2D eigenvalue weighted by atomic mass is 16.3. The molecule has 0 aromatic rings. The van der Waals surface area contributed by atoms with E-state index in [0.29, 0.717) is 24.8 Å². The molecule has 0 aromatic heterocycles. The molecule has 2 unspecified atom stereocenters. The average Bonchev–Trinajstić information content (AvgIpc) is 2.74. The lowest BCUT2D eigenvalue weighted by molar-refractivity contribution is -0.136. The number of nitrogens with zero attached hydrogens (tertiary/aromatic N) is 1. The van der Waals surface area contributed by atoms with Gasteiger partial charge in [-0.25, -0.2) is 0 Å². The fourth-order valence-corrected chi connectivity index (χ4v) is 2.87. The van der Waals surface area contributed by atoms with Crippen molar-refractivity contribution < 1.29 is 9.90 Å². The molecule has 0 aromatic carbocycles. The van der Waals surface area contributed by atoms with Crippen molar-refractivity contribution in [1.82, 2.24) is 4.90 Å². The van der Waals surface area contributed by atoms with E-state index < -0.39 is 0 Å². The standard InChI is InChI=1S/C13H23NO2/c1-10-6-7-14(9-12(10)15)13(16)8-11-4-2-3-5-11/h10-12,15H,2-9H2,1H3. The summed E-state index contributed by atoms with van der Waals surface area (Å²) in [5.41, 5.74) is 0. The van der Waals surface area contributed by atoms with Crippen LogP contribution in [-0.2, 0) is 4.79 Å². The summed E-state index contributed by atoms with van der Waals surface area (Å²) >= 11 is 0. The lowest BCUT2D eigenvalue weighted by Gasteiger charge is -2.34. The summed E-state index contributed by atoms with van der Waals surface area (Å²) in [7, 11) is 0. The first-order valence-electron chi connectivity index (χ1n) is 6.62. The molecule has 1 aliphatic heterocycles. The van der Waals surface area contributed by atoms with Crippen LogP contribution in [0.25, 0.3) is 0 Å². The van der Waals surface area contributed by atoms with Crippen molar-refractivity contribution in [2.24, 2.45) is 11.8 Å². The molecule has 1 saturated carbocycles. The maximum Gasteiger partial charge on any atom is 0.222 e. The third-order valence-electron chi connectivity index (χ3n) is 4.21. The van der Waals surface area contributed by atoms with Crippen LogP contribution in [0.1, 0.15) is 45.4 Å². The maximum atomic E-state index is 12.0. The Morgan fingerprint density at radius 2 is 2.00 bits per heavy atom. The van der Waals surface area contributed by atoms with Gasteiger partial charge in [0.25, 0.3) is 0 Å². The first-order valence-corrected chi connectivity index (χ1v) is 6.62. The van der Waals surface area contributed by atoms with Crippen LogP contribution in [0.15, 0.2) is 0 Å². The molecule has 2 aliphatic rings. The van der Waals surface area contributed by atoms with Crippen LogP contribution in [0.3, 0.4) is 0 Å². The van der Waals surface area contributed by atoms with Crippen LogP contribution in [0.5, 0.6) is 0 Å². The van der Waals surface area contributed by atoms with Gasteiger partial charge < -0.3 is 10.0 Å². The van der Waals surface area contributed by atoms with Crippen LogP contribution >= 0.6 is 0 Å². The summed E-state index contributed by atoms with van der Waals surface area (Å²) in [6, 6.07) is 0. The fraction of sp³-hybridized carbons (Fsp3) is 0.923. The van der Waals surface area contributed by atoms with Gasteiger partial charge in [-0.05, 0) is 31.1 Å². The van der Waals surface area contributed by atoms with E-state index in [4.69, 9.17) is 0 Å². The predicted molar refractivity (Wildman–Crippen MR) is 62.9 cm³/mol. The molecule has 92 valence electrons. The first-order chi connectivity index (χ1) is 7.66. The number of amides is 1. The number of piperidine rings is 1. The second-order valence-electron chi connectivity index (χ2n) is 5.53. The van der Waals surface area contributed by atoms with Crippen LogP contribution in [0.4, 0.5) is 0 Å². The number of aliphatic hydroxyl groups excluding tert-OH is 1. The molecule has 1 aliphatic carbocycles. The quantitative estimate of drug-likeness (QED) is 0.778. The molecular formula is C13H23NO2. The van der Waals surface area contributed by atoms with Crippen molar-refractivity contribution in [2.75, 3.05) is 13.1 Å². The number of aliphatic hydroxyl groups is 1.